The van der Waals surface area contributed by atoms with E-state index in [1.165, 1.54) is 5.69 Å². The monoisotopic (exact) mass is 235 g/mol. The molecule has 1 amide bonds. The molecule has 0 spiro atoms. The molecule has 94 valence electrons. The Bertz CT molecular complexity index is 363. The van der Waals surface area contributed by atoms with Gasteiger partial charge in [-0.15, -0.1) is 0 Å². The van der Waals surface area contributed by atoms with E-state index in [1.54, 1.807) is 0 Å². The molecule has 0 saturated heterocycles. The summed E-state index contributed by atoms with van der Waals surface area (Å²) in [5.41, 5.74) is 6.67. The largest absolute Gasteiger partial charge is 0.365 e. The van der Waals surface area contributed by atoms with E-state index in [9.17, 15) is 4.79 Å². The van der Waals surface area contributed by atoms with Crippen LogP contribution in [-0.4, -0.2) is 35.9 Å². The summed E-state index contributed by atoms with van der Waals surface area (Å²) in [6, 6.07) is 4.02. The molecule has 0 aliphatic heterocycles. The molecule has 1 aromatic heterocycles. The molecule has 0 aromatic carbocycles. The SMILES string of the molecule is CN(CCc1ccc[nH]1)C(=O)C1(CN)CCC1. The maximum atomic E-state index is 12.3. The summed E-state index contributed by atoms with van der Waals surface area (Å²) in [5.74, 6) is 0.220. The summed E-state index contributed by atoms with van der Waals surface area (Å²) >= 11 is 0. The molecular formula is C13H21N3O. The lowest BCUT2D eigenvalue weighted by Gasteiger charge is -2.41. The van der Waals surface area contributed by atoms with Crippen molar-refractivity contribution >= 4 is 5.91 Å². The molecule has 1 heterocycles. The smallest absolute Gasteiger partial charge is 0.229 e. The summed E-state index contributed by atoms with van der Waals surface area (Å²) in [5, 5.41) is 0. The first kappa shape index (κ1) is 12.2. The Morgan fingerprint density at radius 2 is 2.35 bits per heavy atom. The summed E-state index contributed by atoms with van der Waals surface area (Å²) in [7, 11) is 1.88. The Morgan fingerprint density at radius 1 is 1.59 bits per heavy atom. The van der Waals surface area contributed by atoms with Crippen LogP contribution in [0.1, 0.15) is 25.0 Å². The third kappa shape index (κ3) is 2.36. The van der Waals surface area contributed by atoms with Crippen LogP contribution in [0.2, 0.25) is 0 Å². The lowest BCUT2D eigenvalue weighted by Crippen LogP contribution is -2.51. The second kappa shape index (κ2) is 4.92. The van der Waals surface area contributed by atoms with Crippen LogP contribution in [0.3, 0.4) is 0 Å². The number of rotatable bonds is 5. The molecule has 1 saturated carbocycles. The van der Waals surface area contributed by atoms with Crippen molar-refractivity contribution in [2.75, 3.05) is 20.1 Å². The van der Waals surface area contributed by atoms with E-state index in [-0.39, 0.29) is 11.3 Å². The van der Waals surface area contributed by atoms with Gasteiger partial charge < -0.3 is 15.6 Å². The predicted octanol–water partition coefficient (Wildman–Crippen LogP) is 1.14. The zero-order chi connectivity index (χ0) is 12.3. The molecule has 1 aliphatic rings. The van der Waals surface area contributed by atoms with Gasteiger partial charge in [-0.2, -0.15) is 0 Å². The Labute approximate surface area is 102 Å². The van der Waals surface area contributed by atoms with Gasteiger partial charge in [0.1, 0.15) is 0 Å². The maximum absolute atomic E-state index is 12.3. The molecule has 1 fully saturated rings. The average molecular weight is 235 g/mol. The number of amides is 1. The average Bonchev–Trinajstić information content (AvgIpc) is 2.77. The fourth-order valence-corrected chi connectivity index (χ4v) is 2.43. The molecule has 0 unspecified atom stereocenters. The van der Waals surface area contributed by atoms with Crippen LogP contribution < -0.4 is 5.73 Å². The number of carbonyl (C=O) groups is 1. The highest BCUT2D eigenvalue weighted by Gasteiger charge is 2.44. The third-order valence-corrected chi connectivity index (χ3v) is 3.88. The van der Waals surface area contributed by atoms with Crippen LogP contribution in [-0.2, 0) is 11.2 Å². The van der Waals surface area contributed by atoms with Crippen molar-refractivity contribution < 1.29 is 4.79 Å². The Morgan fingerprint density at radius 3 is 2.82 bits per heavy atom. The normalized spacial score (nSPS) is 17.5. The number of carbonyl (C=O) groups excluding carboxylic acids is 1. The second-order valence-corrected chi connectivity index (χ2v) is 5.01. The van der Waals surface area contributed by atoms with E-state index in [1.807, 2.05) is 30.3 Å². The van der Waals surface area contributed by atoms with Gasteiger partial charge in [-0.05, 0) is 25.0 Å². The van der Waals surface area contributed by atoms with E-state index in [2.05, 4.69) is 4.98 Å². The van der Waals surface area contributed by atoms with Crippen LogP contribution in [0.15, 0.2) is 18.3 Å². The number of nitrogens with two attached hydrogens (primary N) is 1. The molecule has 0 bridgehead atoms. The van der Waals surface area contributed by atoms with Gasteiger partial charge in [0, 0.05) is 38.4 Å². The second-order valence-electron chi connectivity index (χ2n) is 5.01. The van der Waals surface area contributed by atoms with Gasteiger partial charge in [-0.3, -0.25) is 4.79 Å². The van der Waals surface area contributed by atoms with Crippen molar-refractivity contribution in [3.8, 4) is 0 Å². The number of aromatic nitrogens is 1. The van der Waals surface area contributed by atoms with Gasteiger partial charge in [0.15, 0.2) is 0 Å². The summed E-state index contributed by atoms with van der Waals surface area (Å²) in [4.78, 5) is 17.2. The number of nitrogens with zero attached hydrogens (tertiary/aromatic N) is 1. The summed E-state index contributed by atoms with van der Waals surface area (Å²) in [6.45, 7) is 1.24. The van der Waals surface area contributed by atoms with Gasteiger partial charge in [-0.1, -0.05) is 6.42 Å². The Kier molecular flexibility index (Phi) is 3.52. The van der Waals surface area contributed by atoms with Gasteiger partial charge in [0.25, 0.3) is 0 Å². The summed E-state index contributed by atoms with van der Waals surface area (Å²) < 4.78 is 0. The van der Waals surface area contributed by atoms with Gasteiger partial charge in [0.2, 0.25) is 5.91 Å². The van der Waals surface area contributed by atoms with Crippen LogP contribution in [0.4, 0.5) is 0 Å². The number of hydrogen-bond donors (Lipinski definition) is 2. The lowest BCUT2D eigenvalue weighted by molar-refractivity contribution is -0.145. The summed E-state index contributed by atoms with van der Waals surface area (Å²) in [6.07, 6.45) is 5.82. The van der Waals surface area contributed by atoms with E-state index in [0.29, 0.717) is 6.54 Å². The van der Waals surface area contributed by atoms with Gasteiger partial charge in [-0.25, -0.2) is 0 Å². The molecule has 0 atom stereocenters. The molecule has 1 aromatic rings. The van der Waals surface area contributed by atoms with Crippen LogP contribution in [0.25, 0.3) is 0 Å². The van der Waals surface area contributed by atoms with Crippen molar-refractivity contribution in [3.63, 3.8) is 0 Å². The standard InChI is InChI=1S/C13H21N3O/c1-16(9-5-11-4-2-8-15-11)12(17)13(10-14)6-3-7-13/h2,4,8,15H,3,5-7,9-10,14H2,1H3. The van der Waals surface area contributed by atoms with E-state index >= 15 is 0 Å². The first-order valence-corrected chi connectivity index (χ1v) is 6.26. The lowest BCUT2D eigenvalue weighted by atomic mass is 9.68. The molecule has 0 radical (unpaired) electrons. The van der Waals surface area contributed by atoms with E-state index < -0.39 is 0 Å². The highest BCUT2D eigenvalue weighted by molar-refractivity contribution is 5.83. The van der Waals surface area contributed by atoms with E-state index in [4.69, 9.17) is 5.73 Å². The molecule has 3 N–H and O–H groups in total. The maximum Gasteiger partial charge on any atom is 0.229 e. The minimum Gasteiger partial charge on any atom is -0.365 e. The number of hydrogen-bond acceptors (Lipinski definition) is 2. The molecule has 1 aliphatic carbocycles. The van der Waals surface area contributed by atoms with Crippen molar-refractivity contribution in [1.29, 1.82) is 0 Å². The Balaban J connectivity index is 1.87. The van der Waals surface area contributed by atoms with Crippen molar-refractivity contribution in [1.82, 2.24) is 9.88 Å². The molecule has 17 heavy (non-hydrogen) atoms. The zero-order valence-corrected chi connectivity index (χ0v) is 10.4. The predicted molar refractivity (Wildman–Crippen MR) is 67.5 cm³/mol. The number of aromatic amines is 1. The van der Waals surface area contributed by atoms with Crippen molar-refractivity contribution in [2.24, 2.45) is 11.1 Å². The van der Waals surface area contributed by atoms with Crippen molar-refractivity contribution in [3.05, 3.63) is 24.0 Å². The van der Waals surface area contributed by atoms with Crippen LogP contribution >= 0.6 is 0 Å². The van der Waals surface area contributed by atoms with Gasteiger partial charge >= 0.3 is 0 Å². The fraction of sp³-hybridized carbons (Fsp3) is 0.615. The fourth-order valence-electron chi connectivity index (χ4n) is 2.43. The molecule has 4 nitrogen and oxygen atoms in total. The highest BCUT2D eigenvalue weighted by atomic mass is 16.2. The first-order valence-electron chi connectivity index (χ1n) is 6.26. The molecule has 2 rings (SSSR count). The Hall–Kier alpha value is -1.29. The zero-order valence-electron chi connectivity index (χ0n) is 10.4. The van der Waals surface area contributed by atoms with Crippen LogP contribution in [0.5, 0.6) is 0 Å². The topological polar surface area (TPSA) is 62.1 Å². The number of nitrogens with one attached hydrogen (secondary N) is 1. The number of H-pyrrole nitrogens is 1. The van der Waals surface area contributed by atoms with E-state index in [0.717, 1.165) is 32.2 Å². The first-order chi connectivity index (χ1) is 8.18. The highest BCUT2D eigenvalue weighted by Crippen LogP contribution is 2.41. The molecule has 4 heteroatoms. The van der Waals surface area contributed by atoms with Crippen molar-refractivity contribution in [2.45, 2.75) is 25.7 Å². The van der Waals surface area contributed by atoms with Crippen LogP contribution in [0, 0.1) is 5.41 Å². The number of likely N-dealkylation sites (N-methyl/N-ethyl adjacent to an activating group) is 1. The van der Waals surface area contributed by atoms with Gasteiger partial charge in [0.05, 0.1) is 5.41 Å². The minimum atomic E-state index is -0.246. The minimum absolute atomic E-state index is 0.220. The third-order valence-electron chi connectivity index (χ3n) is 3.88. The molecular weight excluding hydrogens is 214 g/mol. The quantitative estimate of drug-likeness (QED) is 0.804.